The van der Waals surface area contributed by atoms with Crippen LogP contribution in [0.3, 0.4) is 0 Å². The molecule has 3 aromatic rings. The van der Waals surface area contributed by atoms with E-state index in [2.05, 4.69) is 4.98 Å². The van der Waals surface area contributed by atoms with Gasteiger partial charge in [-0.3, -0.25) is 10.1 Å². The number of hydrogen-bond acceptors (Lipinski definition) is 4. The number of hydrogen-bond donors (Lipinski definition) is 0. The molecule has 6 nitrogen and oxygen atoms in total. The van der Waals surface area contributed by atoms with E-state index in [1.165, 1.54) is 6.07 Å². The molecule has 23 heavy (non-hydrogen) atoms. The average Bonchev–Trinajstić information content (AvgIpc) is 2.83. The molecule has 6 heteroatoms. The molecule has 0 atom stereocenters. The first-order valence-corrected chi connectivity index (χ1v) is 7.34. The van der Waals surface area contributed by atoms with Crippen LogP contribution in [0.25, 0.3) is 11.0 Å². The summed E-state index contributed by atoms with van der Waals surface area (Å²) in [4.78, 5) is 17.5. The fraction of sp³-hybridized carbons (Fsp3) is 0.235. The van der Waals surface area contributed by atoms with Crippen molar-refractivity contribution < 1.29 is 4.92 Å². The van der Waals surface area contributed by atoms with Gasteiger partial charge < -0.3 is 9.47 Å². The van der Waals surface area contributed by atoms with Crippen molar-refractivity contribution in [2.45, 2.75) is 13.5 Å². The number of aromatic nitrogens is 2. The van der Waals surface area contributed by atoms with E-state index in [-0.39, 0.29) is 10.6 Å². The van der Waals surface area contributed by atoms with Gasteiger partial charge in [0, 0.05) is 20.2 Å². The van der Waals surface area contributed by atoms with Gasteiger partial charge in [-0.25, -0.2) is 4.98 Å². The molecule has 0 N–H and O–H groups in total. The Bertz CT molecular complexity index is 885. The third kappa shape index (κ3) is 2.63. The number of anilines is 1. The zero-order valence-electron chi connectivity index (χ0n) is 13.4. The van der Waals surface area contributed by atoms with Crippen molar-refractivity contribution in [1.82, 2.24) is 9.55 Å². The summed E-state index contributed by atoms with van der Waals surface area (Å²) < 4.78 is 2.02. The second-order valence-corrected chi connectivity index (χ2v) is 5.63. The lowest BCUT2D eigenvalue weighted by Crippen LogP contribution is -2.21. The molecule has 0 aliphatic rings. The highest BCUT2D eigenvalue weighted by molar-refractivity contribution is 5.76. The van der Waals surface area contributed by atoms with Crippen molar-refractivity contribution in [1.29, 1.82) is 0 Å². The Labute approximate surface area is 134 Å². The van der Waals surface area contributed by atoms with Crippen LogP contribution in [0.5, 0.6) is 0 Å². The Morgan fingerprint density at radius 2 is 1.96 bits per heavy atom. The molecular formula is C17H18N4O2. The quantitative estimate of drug-likeness (QED) is 0.547. The monoisotopic (exact) mass is 310 g/mol. The molecule has 0 bridgehead atoms. The maximum Gasteiger partial charge on any atom is 0.292 e. The molecule has 0 spiro atoms. The number of rotatable bonds is 4. The number of benzene rings is 2. The summed E-state index contributed by atoms with van der Waals surface area (Å²) in [5.41, 5.74) is 3.60. The van der Waals surface area contributed by atoms with Crippen molar-refractivity contribution in [3.05, 3.63) is 64.0 Å². The van der Waals surface area contributed by atoms with Crippen LogP contribution >= 0.6 is 0 Å². The van der Waals surface area contributed by atoms with Gasteiger partial charge in [-0.2, -0.15) is 0 Å². The van der Waals surface area contributed by atoms with Crippen molar-refractivity contribution >= 4 is 22.4 Å². The molecule has 1 aromatic heterocycles. The van der Waals surface area contributed by atoms with Gasteiger partial charge in [-0.1, -0.05) is 24.3 Å². The van der Waals surface area contributed by atoms with Crippen molar-refractivity contribution in [3.8, 4) is 0 Å². The van der Waals surface area contributed by atoms with Gasteiger partial charge in [0.15, 0.2) is 0 Å². The fourth-order valence-electron chi connectivity index (χ4n) is 2.92. The van der Waals surface area contributed by atoms with E-state index in [1.807, 2.05) is 60.8 Å². The maximum atomic E-state index is 11.3. The summed E-state index contributed by atoms with van der Waals surface area (Å²) in [6.07, 6.45) is 0. The molecule has 0 radical (unpaired) electrons. The molecule has 0 amide bonds. The molecule has 1 heterocycles. The van der Waals surface area contributed by atoms with Crippen LogP contribution in [0.1, 0.15) is 11.4 Å². The summed E-state index contributed by atoms with van der Waals surface area (Å²) in [6, 6.07) is 13.0. The summed E-state index contributed by atoms with van der Waals surface area (Å²) in [7, 11) is 3.82. The van der Waals surface area contributed by atoms with E-state index in [1.54, 1.807) is 6.07 Å². The Morgan fingerprint density at radius 1 is 1.22 bits per heavy atom. The molecule has 0 unspecified atom stereocenters. The van der Waals surface area contributed by atoms with Crippen LogP contribution in [0, 0.1) is 17.0 Å². The lowest BCUT2D eigenvalue weighted by molar-refractivity contribution is -0.384. The van der Waals surface area contributed by atoms with E-state index in [4.69, 9.17) is 0 Å². The van der Waals surface area contributed by atoms with Crippen LogP contribution in [0.15, 0.2) is 42.5 Å². The number of para-hydroxylation sites is 3. The molecule has 0 saturated heterocycles. The van der Waals surface area contributed by atoms with Gasteiger partial charge in [0.2, 0.25) is 0 Å². The lowest BCUT2D eigenvalue weighted by atomic mass is 10.1. The Hall–Kier alpha value is -2.89. The maximum absolute atomic E-state index is 11.3. The molecule has 118 valence electrons. The predicted octanol–water partition coefficient (Wildman–Crippen LogP) is 3.43. The van der Waals surface area contributed by atoms with E-state index in [9.17, 15) is 10.1 Å². The number of nitro benzene ring substituents is 1. The van der Waals surface area contributed by atoms with Gasteiger partial charge >= 0.3 is 0 Å². The van der Waals surface area contributed by atoms with Gasteiger partial charge in [0.1, 0.15) is 11.5 Å². The van der Waals surface area contributed by atoms with E-state index >= 15 is 0 Å². The first-order chi connectivity index (χ1) is 11.0. The van der Waals surface area contributed by atoms with Crippen LogP contribution in [-0.4, -0.2) is 21.5 Å². The molecule has 0 saturated carbocycles. The highest BCUT2D eigenvalue weighted by Crippen LogP contribution is 2.31. The number of aryl methyl sites for hydroxylation is 2. The summed E-state index contributed by atoms with van der Waals surface area (Å²) in [5.74, 6) is 0.867. The third-order valence-electron chi connectivity index (χ3n) is 4.05. The van der Waals surface area contributed by atoms with Crippen LogP contribution in [-0.2, 0) is 13.6 Å². The number of nitrogens with zero attached hydrogens (tertiary/aromatic N) is 4. The highest BCUT2D eigenvalue weighted by Gasteiger charge is 2.20. The largest absolute Gasteiger partial charge is 0.361 e. The Morgan fingerprint density at radius 3 is 2.65 bits per heavy atom. The number of nitro groups is 1. The highest BCUT2D eigenvalue weighted by atomic mass is 16.6. The average molecular weight is 310 g/mol. The summed E-state index contributed by atoms with van der Waals surface area (Å²) in [6.45, 7) is 2.38. The van der Waals surface area contributed by atoms with Gasteiger partial charge in [0.05, 0.1) is 22.5 Å². The van der Waals surface area contributed by atoms with Gasteiger partial charge in [-0.15, -0.1) is 0 Å². The normalized spacial score (nSPS) is 10.9. The smallest absolute Gasteiger partial charge is 0.292 e. The van der Waals surface area contributed by atoms with E-state index < -0.39 is 0 Å². The second-order valence-electron chi connectivity index (χ2n) is 5.63. The van der Waals surface area contributed by atoms with Crippen LogP contribution in [0.2, 0.25) is 0 Å². The molecular weight excluding hydrogens is 292 g/mol. The Balaban J connectivity index is 2.00. The minimum Gasteiger partial charge on any atom is -0.361 e. The first kappa shape index (κ1) is 15.0. The van der Waals surface area contributed by atoms with Crippen LogP contribution in [0.4, 0.5) is 11.4 Å². The minimum atomic E-state index is -0.340. The van der Waals surface area contributed by atoms with Crippen LogP contribution < -0.4 is 4.90 Å². The molecule has 0 aliphatic carbocycles. The topological polar surface area (TPSA) is 64.2 Å². The first-order valence-electron chi connectivity index (χ1n) is 7.34. The zero-order valence-corrected chi connectivity index (χ0v) is 13.4. The second kappa shape index (κ2) is 5.72. The van der Waals surface area contributed by atoms with Crippen molar-refractivity contribution in [3.63, 3.8) is 0 Å². The standard InChI is InChI=1S/C17H18N4O2/c1-12-7-6-10-15(21(22)23)17(12)19(2)11-16-18-13-8-4-5-9-14(13)20(16)3/h4-10H,11H2,1-3H3. The minimum absolute atomic E-state index is 0.117. The lowest BCUT2D eigenvalue weighted by Gasteiger charge is -2.20. The number of imidazole rings is 1. The van der Waals surface area contributed by atoms with Crippen molar-refractivity contribution in [2.75, 3.05) is 11.9 Å². The van der Waals surface area contributed by atoms with E-state index in [0.717, 1.165) is 22.4 Å². The SMILES string of the molecule is Cc1cccc([N+](=O)[O-])c1N(C)Cc1nc2ccccc2n1C. The van der Waals surface area contributed by atoms with Gasteiger partial charge in [-0.05, 0) is 24.6 Å². The molecule has 3 rings (SSSR count). The van der Waals surface area contributed by atoms with E-state index in [0.29, 0.717) is 12.2 Å². The summed E-state index contributed by atoms with van der Waals surface area (Å²) in [5, 5.41) is 11.3. The number of fused-ring (bicyclic) bond motifs is 1. The molecule has 2 aromatic carbocycles. The predicted molar refractivity (Wildman–Crippen MR) is 90.7 cm³/mol. The fourth-order valence-corrected chi connectivity index (χ4v) is 2.92. The van der Waals surface area contributed by atoms with Crippen molar-refractivity contribution in [2.24, 2.45) is 7.05 Å². The summed E-state index contributed by atoms with van der Waals surface area (Å²) >= 11 is 0. The third-order valence-corrected chi connectivity index (χ3v) is 4.05. The molecule has 0 aliphatic heterocycles. The molecule has 0 fully saturated rings. The zero-order chi connectivity index (χ0) is 16.6. The Kier molecular flexibility index (Phi) is 3.73. The van der Waals surface area contributed by atoms with Gasteiger partial charge in [0.25, 0.3) is 5.69 Å².